The maximum absolute atomic E-state index is 0. The molecule has 0 fully saturated rings. The van der Waals surface area contributed by atoms with Crippen LogP contribution >= 0.6 is 0 Å². The summed E-state index contributed by atoms with van der Waals surface area (Å²) in [6.07, 6.45) is 0. The van der Waals surface area contributed by atoms with Gasteiger partial charge in [-0.25, -0.2) is 0 Å². The van der Waals surface area contributed by atoms with E-state index >= 15 is 0 Å². The van der Waals surface area contributed by atoms with Crippen molar-refractivity contribution >= 4 is 41.9 Å². The first-order valence-electron chi connectivity index (χ1n) is 0. The molecule has 2 radical (unpaired) electrons. The molecule has 0 rings (SSSR count). The second kappa shape index (κ2) is 45.4. The van der Waals surface area contributed by atoms with Gasteiger partial charge in [0.25, 0.3) is 0 Å². The summed E-state index contributed by atoms with van der Waals surface area (Å²) in [6, 6.07) is 0. The van der Waals surface area contributed by atoms with Crippen molar-refractivity contribution < 1.29 is 55.8 Å². The standard InChI is InChI=1S/Co.Li.Mg.Mn.Ni.O.H/q;;+2;;;-2;. The maximum atomic E-state index is 0. The smallest absolute Gasteiger partial charge is 2.00 e. The van der Waals surface area contributed by atoms with Crippen LogP contribution in [0.3, 0.4) is 0 Å². The summed E-state index contributed by atoms with van der Waals surface area (Å²) in [5.41, 5.74) is 0. The van der Waals surface area contributed by atoms with Gasteiger partial charge < -0.3 is 5.48 Å². The Morgan fingerprint density at radius 2 is 1.00 bits per heavy atom. The molecule has 6 heavy (non-hydrogen) atoms. The first-order valence-corrected chi connectivity index (χ1v) is 0. The average molecular weight is 221 g/mol. The van der Waals surface area contributed by atoms with Crippen molar-refractivity contribution in [3.63, 3.8) is 0 Å². The second-order valence-electron chi connectivity index (χ2n) is 0. The molecular weight excluding hydrogens is 220 g/mol. The van der Waals surface area contributed by atoms with E-state index in [1.807, 2.05) is 0 Å². The summed E-state index contributed by atoms with van der Waals surface area (Å²) >= 11 is 0. The summed E-state index contributed by atoms with van der Waals surface area (Å²) < 4.78 is 0. The van der Waals surface area contributed by atoms with Crippen molar-refractivity contribution in [2.45, 2.75) is 0 Å². The van der Waals surface area contributed by atoms with Gasteiger partial charge in [0.1, 0.15) is 0 Å². The average Bonchev–Trinajstić information content (AvgIpc) is 0. The molecule has 0 atom stereocenters. The van der Waals surface area contributed by atoms with E-state index in [9.17, 15) is 0 Å². The quantitative estimate of drug-likeness (QED) is 0.462. The van der Waals surface area contributed by atoms with E-state index in [1.54, 1.807) is 0 Å². The number of rotatable bonds is 0. The van der Waals surface area contributed by atoms with Crippen molar-refractivity contribution in [2.24, 2.45) is 0 Å². The van der Waals surface area contributed by atoms with Crippen LogP contribution < -0.4 is 0 Å². The molecule has 0 N–H and O–H groups in total. The van der Waals surface area contributed by atoms with Gasteiger partial charge in [-0.05, 0) is 0 Å². The zero-order chi connectivity index (χ0) is 0. The molecule has 0 amide bonds. The molecule has 6 heteroatoms. The predicted molar refractivity (Wildman–Crippen MR) is 13.6 cm³/mol. The molecule has 0 aromatic carbocycles. The van der Waals surface area contributed by atoms with E-state index in [2.05, 4.69) is 0 Å². The molecule has 0 aromatic rings. The normalized spacial score (nSPS) is 0. The zero-order valence-corrected chi connectivity index (χ0v) is 6.77. The Kier molecular flexibility index (Phi) is 510. The van der Waals surface area contributed by atoms with Crippen molar-refractivity contribution in [1.82, 2.24) is 0 Å². The predicted octanol–water partition coefficient (Wildman–Crippen LogP) is -1.16. The third-order valence-electron chi connectivity index (χ3n) is 0. The van der Waals surface area contributed by atoms with Crippen molar-refractivity contribution in [2.75, 3.05) is 0 Å². The molecule has 0 spiro atoms. The molecule has 0 saturated carbocycles. The van der Waals surface area contributed by atoms with Crippen LogP contribution in [0.4, 0.5) is 0 Å². The Labute approximate surface area is 96.4 Å². The van der Waals surface area contributed by atoms with Gasteiger partial charge in [0.15, 0.2) is 0 Å². The molecule has 0 aliphatic carbocycles. The molecule has 0 unspecified atom stereocenters. The first kappa shape index (κ1) is 67.3. The van der Waals surface area contributed by atoms with Crippen LogP contribution in [-0.2, 0) is 55.8 Å². The SMILES string of the molecule is [Co].[LiH].[Mg+2].[Mn].[Ni].[O-2]. The van der Waals surface area contributed by atoms with E-state index in [-0.39, 0.29) is 97.7 Å². The third-order valence-corrected chi connectivity index (χ3v) is 0. The van der Waals surface area contributed by atoms with Crippen molar-refractivity contribution in [1.29, 1.82) is 0 Å². The minimum absolute atomic E-state index is 0. The molecule has 36 valence electrons. The van der Waals surface area contributed by atoms with E-state index in [0.29, 0.717) is 0 Å². The molecule has 1 nitrogen and oxygen atoms in total. The largest absolute Gasteiger partial charge is 2.00 e. The van der Waals surface area contributed by atoms with Crippen LogP contribution in [0.25, 0.3) is 0 Å². The van der Waals surface area contributed by atoms with E-state index in [1.165, 1.54) is 0 Å². The van der Waals surface area contributed by atoms with Gasteiger partial charge in [0.2, 0.25) is 0 Å². The molecule has 0 heterocycles. The summed E-state index contributed by atoms with van der Waals surface area (Å²) in [5, 5.41) is 0. The topological polar surface area (TPSA) is 28.5 Å². The van der Waals surface area contributed by atoms with Crippen LogP contribution in [0.2, 0.25) is 0 Å². The molecule has 0 aliphatic heterocycles. The maximum Gasteiger partial charge on any atom is 2.00 e. The van der Waals surface area contributed by atoms with E-state index < -0.39 is 0 Å². The first-order chi connectivity index (χ1) is 0. The summed E-state index contributed by atoms with van der Waals surface area (Å²) in [6.45, 7) is 0. The van der Waals surface area contributed by atoms with E-state index in [4.69, 9.17) is 0 Å². The zero-order valence-electron chi connectivity index (χ0n) is 2.14. The van der Waals surface area contributed by atoms with Gasteiger partial charge in [-0.2, -0.15) is 0 Å². The monoisotopic (exact) mass is 220 g/mol. The Morgan fingerprint density at radius 1 is 1.00 bits per heavy atom. The van der Waals surface area contributed by atoms with Crippen molar-refractivity contribution in [3.8, 4) is 0 Å². The van der Waals surface area contributed by atoms with Crippen LogP contribution in [0.1, 0.15) is 0 Å². The minimum atomic E-state index is 0. The molecule has 0 bridgehead atoms. The fourth-order valence-electron chi connectivity index (χ4n) is 0. The molecule has 0 aliphatic rings. The summed E-state index contributed by atoms with van der Waals surface area (Å²) in [4.78, 5) is 0. The third kappa shape index (κ3) is 28.9. The van der Waals surface area contributed by atoms with Crippen LogP contribution in [-0.4, -0.2) is 41.9 Å². The van der Waals surface area contributed by atoms with Crippen LogP contribution in [0, 0.1) is 0 Å². The van der Waals surface area contributed by atoms with Crippen LogP contribution in [0.15, 0.2) is 0 Å². The Morgan fingerprint density at radius 3 is 1.00 bits per heavy atom. The van der Waals surface area contributed by atoms with Gasteiger partial charge in [-0.3, -0.25) is 0 Å². The van der Waals surface area contributed by atoms with Gasteiger partial charge in [-0.1, -0.05) is 0 Å². The molecular formula is HCoLiMgMnNiO. The number of hydrogen-bond donors (Lipinski definition) is 0. The van der Waals surface area contributed by atoms with Gasteiger partial charge in [0, 0.05) is 50.3 Å². The van der Waals surface area contributed by atoms with Crippen molar-refractivity contribution in [3.05, 3.63) is 0 Å². The summed E-state index contributed by atoms with van der Waals surface area (Å²) in [5.74, 6) is 0. The summed E-state index contributed by atoms with van der Waals surface area (Å²) in [7, 11) is 0. The fourth-order valence-corrected chi connectivity index (χ4v) is 0. The second-order valence-corrected chi connectivity index (χ2v) is 0. The fraction of sp³-hybridized carbons (Fsp3) is 0. The number of hydrogen-bond acceptors (Lipinski definition) is 0. The van der Waals surface area contributed by atoms with E-state index in [0.717, 1.165) is 0 Å². The Hall–Kier alpha value is 2.84. The van der Waals surface area contributed by atoms with Crippen LogP contribution in [0.5, 0.6) is 0 Å². The van der Waals surface area contributed by atoms with Gasteiger partial charge in [-0.15, -0.1) is 0 Å². The van der Waals surface area contributed by atoms with Gasteiger partial charge in [0.05, 0.1) is 0 Å². The molecule has 0 saturated heterocycles. The minimum Gasteiger partial charge on any atom is -2.00 e. The Balaban J connectivity index is 0. The van der Waals surface area contributed by atoms with Gasteiger partial charge >= 0.3 is 41.9 Å². The molecule has 0 aromatic heterocycles. The Bertz CT molecular complexity index is 15.5.